The Kier molecular flexibility index (Phi) is 10.4. The number of hydrogen-bond donors (Lipinski definition) is 2. The molecule has 0 aliphatic heterocycles. The quantitative estimate of drug-likeness (QED) is 0.203. The third-order valence-corrected chi connectivity index (χ3v) is 6.26. The second kappa shape index (κ2) is 13.8. The molecule has 6 nitrogen and oxygen atoms in total. The normalized spacial score (nSPS) is 10.9. The van der Waals surface area contributed by atoms with Crippen molar-refractivity contribution < 1.29 is 46.8 Å². The van der Waals surface area contributed by atoms with E-state index in [4.69, 9.17) is 19.7 Å². The summed E-state index contributed by atoms with van der Waals surface area (Å²) in [5, 5.41) is 18.0. The molecule has 0 unspecified atom stereocenters. The first-order chi connectivity index (χ1) is 19.9. The van der Waals surface area contributed by atoms with E-state index < -0.39 is 23.7 Å². The molecule has 0 aromatic heterocycles. The fraction of sp³-hybridized carbons (Fsp3) is 0.188. The Labute approximate surface area is 239 Å². The molecule has 0 fully saturated rings. The van der Waals surface area contributed by atoms with E-state index in [2.05, 4.69) is 0 Å². The van der Waals surface area contributed by atoms with Crippen molar-refractivity contribution in [1.82, 2.24) is 0 Å². The average Bonchev–Trinajstić information content (AvgIpc) is 2.95. The van der Waals surface area contributed by atoms with Gasteiger partial charge in [-0.2, -0.15) is 13.2 Å². The van der Waals surface area contributed by atoms with Crippen molar-refractivity contribution in [3.8, 4) is 28.0 Å². The molecule has 220 valence electrons. The molecule has 0 bridgehead atoms. The molecule has 4 aromatic carbocycles. The summed E-state index contributed by atoms with van der Waals surface area (Å²) in [6.45, 7) is 3.86. The number of methoxy groups -OCH3 is 1. The van der Waals surface area contributed by atoms with E-state index >= 15 is 0 Å². The Morgan fingerprint density at radius 1 is 0.786 bits per heavy atom. The molecule has 0 amide bonds. The number of ether oxygens (including phenoxy) is 2. The lowest BCUT2D eigenvalue weighted by molar-refractivity contribution is -0.137. The number of benzene rings is 4. The Bertz CT molecular complexity index is 1580. The van der Waals surface area contributed by atoms with E-state index in [-0.39, 0.29) is 47.0 Å². The zero-order valence-electron chi connectivity index (χ0n) is 23.0. The minimum Gasteiger partial charge on any atom is -0.493 e. The third-order valence-electron chi connectivity index (χ3n) is 6.26. The minimum atomic E-state index is -4.51. The number of hydrogen-bond acceptors (Lipinski definition) is 4. The van der Waals surface area contributed by atoms with Crippen LogP contribution in [0.3, 0.4) is 0 Å². The van der Waals surface area contributed by atoms with Crippen LogP contribution in [0.25, 0.3) is 22.3 Å². The van der Waals surface area contributed by atoms with E-state index in [9.17, 15) is 27.2 Å². The standard InChI is InChI=1S/C16H13F3O3.C16H15FO3/c1-2-22-14-9-10(15(20)21)7-8-12(14)11-5-3-4-6-13(11)16(17,18)19;1-10-13(4-3-5-15(10)17)14-7-6-11(16(18)19)8-12(14)9-20-2/h3-9H,2H2,1H3,(H,20,21);3-8H,9H2,1-2H3,(H,18,19). The van der Waals surface area contributed by atoms with Gasteiger partial charge in [0.05, 0.1) is 29.9 Å². The van der Waals surface area contributed by atoms with Gasteiger partial charge in [0.1, 0.15) is 11.6 Å². The first-order valence-corrected chi connectivity index (χ1v) is 12.7. The van der Waals surface area contributed by atoms with Gasteiger partial charge in [0.15, 0.2) is 0 Å². The molecular formula is C32H28F4O6. The van der Waals surface area contributed by atoms with Crippen LogP contribution < -0.4 is 4.74 Å². The first-order valence-electron chi connectivity index (χ1n) is 12.7. The van der Waals surface area contributed by atoms with Crippen molar-refractivity contribution in [3.05, 3.63) is 112 Å². The Morgan fingerprint density at radius 3 is 1.98 bits per heavy atom. The maximum Gasteiger partial charge on any atom is 0.417 e. The van der Waals surface area contributed by atoms with Gasteiger partial charge in [0.2, 0.25) is 0 Å². The monoisotopic (exact) mass is 584 g/mol. The summed E-state index contributed by atoms with van der Waals surface area (Å²) < 4.78 is 63.5. The van der Waals surface area contributed by atoms with Gasteiger partial charge >= 0.3 is 18.1 Å². The molecule has 0 saturated carbocycles. The van der Waals surface area contributed by atoms with Crippen molar-refractivity contribution in [3.63, 3.8) is 0 Å². The van der Waals surface area contributed by atoms with Gasteiger partial charge in [-0.15, -0.1) is 0 Å². The summed E-state index contributed by atoms with van der Waals surface area (Å²) in [4.78, 5) is 22.0. The smallest absolute Gasteiger partial charge is 0.417 e. The van der Waals surface area contributed by atoms with Crippen molar-refractivity contribution in [1.29, 1.82) is 0 Å². The Morgan fingerprint density at radius 2 is 1.38 bits per heavy atom. The van der Waals surface area contributed by atoms with Gasteiger partial charge in [0, 0.05) is 12.7 Å². The van der Waals surface area contributed by atoms with Gasteiger partial charge in [-0.1, -0.05) is 36.4 Å². The second-order valence-electron chi connectivity index (χ2n) is 9.01. The molecular weight excluding hydrogens is 556 g/mol. The highest BCUT2D eigenvalue weighted by molar-refractivity contribution is 5.90. The molecule has 0 spiro atoms. The maximum atomic E-state index is 13.7. The number of carboxylic acid groups (broad SMARTS) is 2. The number of rotatable bonds is 8. The third kappa shape index (κ3) is 7.52. The summed E-state index contributed by atoms with van der Waals surface area (Å²) >= 11 is 0. The average molecular weight is 585 g/mol. The van der Waals surface area contributed by atoms with E-state index in [0.717, 1.165) is 22.8 Å². The zero-order valence-corrected chi connectivity index (χ0v) is 23.0. The molecule has 2 N–H and O–H groups in total. The Balaban J connectivity index is 0.000000231. The van der Waals surface area contributed by atoms with Gasteiger partial charge in [-0.25, -0.2) is 14.0 Å². The van der Waals surface area contributed by atoms with E-state index in [0.29, 0.717) is 5.56 Å². The highest BCUT2D eigenvalue weighted by Gasteiger charge is 2.34. The van der Waals surface area contributed by atoms with Crippen LogP contribution in [0, 0.1) is 12.7 Å². The Hall–Kier alpha value is -4.70. The summed E-state index contributed by atoms with van der Waals surface area (Å²) in [5.74, 6) is -2.34. The highest BCUT2D eigenvalue weighted by atomic mass is 19.4. The number of halogens is 4. The first kappa shape index (κ1) is 31.8. The summed E-state index contributed by atoms with van der Waals surface area (Å²) in [5.41, 5.74) is 2.30. The lowest BCUT2D eigenvalue weighted by Gasteiger charge is -2.16. The van der Waals surface area contributed by atoms with Crippen molar-refractivity contribution in [2.24, 2.45) is 0 Å². The predicted octanol–water partition coefficient (Wildman–Crippen LogP) is 8.12. The number of alkyl halides is 3. The van der Waals surface area contributed by atoms with Crippen LogP contribution in [0.5, 0.6) is 5.75 Å². The predicted molar refractivity (Wildman–Crippen MR) is 149 cm³/mol. The molecule has 0 aliphatic carbocycles. The van der Waals surface area contributed by atoms with Crippen LogP contribution in [-0.4, -0.2) is 35.9 Å². The lowest BCUT2D eigenvalue weighted by atomic mass is 9.94. The SMILES string of the molecule is CCOc1cc(C(=O)O)ccc1-c1ccccc1C(F)(F)F.COCc1cc(C(=O)O)ccc1-c1cccc(F)c1C. The van der Waals surface area contributed by atoms with Crippen molar-refractivity contribution in [2.75, 3.05) is 13.7 Å². The topological polar surface area (TPSA) is 93.1 Å². The van der Waals surface area contributed by atoms with E-state index in [1.54, 1.807) is 32.0 Å². The van der Waals surface area contributed by atoms with Crippen LogP contribution in [0.15, 0.2) is 78.9 Å². The summed E-state index contributed by atoms with van der Waals surface area (Å²) in [6.07, 6.45) is -4.51. The molecule has 10 heteroatoms. The molecule has 0 atom stereocenters. The van der Waals surface area contributed by atoms with Crippen LogP contribution in [0.1, 0.15) is 44.3 Å². The molecule has 0 heterocycles. The van der Waals surface area contributed by atoms with Gasteiger partial charge in [0.25, 0.3) is 0 Å². The molecule has 42 heavy (non-hydrogen) atoms. The number of carbonyl (C=O) groups is 2. The van der Waals surface area contributed by atoms with Gasteiger partial charge in [-0.05, 0) is 84.1 Å². The highest BCUT2D eigenvalue weighted by Crippen LogP contribution is 2.40. The fourth-order valence-electron chi connectivity index (χ4n) is 4.28. The largest absolute Gasteiger partial charge is 0.493 e. The van der Waals surface area contributed by atoms with Crippen LogP contribution in [0.2, 0.25) is 0 Å². The maximum absolute atomic E-state index is 13.7. The van der Waals surface area contributed by atoms with Gasteiger partial charge < -0.3 is 19.7 Å². The fourth-order valence-corrected chi connectivity index (χ4v) is 4.28. The molecule has 4 aromatic rings. The zero-order chi connectivity index (χ0) is 31.0. The van der Waals surface area contributed by atoms with Gasteiger partial charge in [-0.3, -0.25) is 0 Å². The minimum absolute atomic E-state index is 0.0447. The van der Waals surface area contributed by atoms with Crippen LogP contribution in [0.4, 0.5) is 17.6 Å². The van der Waals surface area contributed by atoms with Crippen LogP contribution >= 0.6 is 0 Å². The number of aromatic carboxylic acids is 2. The molecule has 0 saturated heterocycles. The second-order valence-corrected chi connectivity index (χ2v) is 9.01. The molecule has 4 rings (SSSR count). The van der Waals surface area contributed by atoms with E-state index in [1.165, 1.54) is 55.6 Å². The molecule has 0 radical (unpaired) electrons. The molecule has 0 aliphatic rings. The van der Waals surface area contributed by atoms with Crippen molar-refractivity contribution >= 4 is 11.9 Å². The lowest BCUT2D eigenvalue weighted by Crippen LogP contribution is -2.08. The van der Waals surface area contributed by atoms with E-state index in [1.807, 2.05) is 6.07 Å². The number of carboxylic acids is 2. The summed E-state index contributed by atoms with van der Waals surface area (Å²) in [6, 6.07) is 18.6. The van der Waals surface area contributed by atoms with Crippen LogP contribution in [-0.2, 0) is 17.5 Å². The summed E-state index contributed by atoms with van der Waals surface area (Å²) in [7, 11) is 1.54. The van der Waals surface area contributed by atoms with Crippen molar-refractivity contribution in [2.45, 2.75) is 26.6 Å².